The smallest absolute Gasteiger partial charge is 0.249 e. The third-order valence-electron chi connectivity index (χ3n) is 1.95. The van der Waals surface area contributed by atoms with Crippen molar-refractivity contribution in [3.05, 3.63) is 24.3 Å². The average molecular weight is 197 g/mol. The molecule has 0 aromatic heterocycles. The number of rotatable bonds is 6. The van der Waals surface area contributed by atoms with Gasteiger partial charge in [0.25, 0.3) is 0 Å². The minimum atomic E-state index is -0.869. The Morgan fingerprint density at radius 2 is 2.29 bits per heavy atom. The predicted molar refractivity (Wildman–Crippen MR) is 57.9 cm³/mol. The highest BCUT2D eigenvalue weighted by atomic mass is 16.3. The molecule has 80 valence electrons. The molecule has 0 radical (unpaired) electrons. The van der Waals surface area contributed by atoms with Gasteiger partial charge < -0.3 is 10.4 Å². The van der Waals surface area contributed by atoms with Crippen molar-refractivity contribution >= 4 is 5.91 Å². The molecule has 3 nitrogen and oxygen atoms in total. The van der Waals surface area contributed by atoms with Crippen LogP contribution in [0.25, 0.3) is 0 Å². The molecular weight excluding hydrogens is 178 g/mol. The topological polar surface area (TPSA) is 49.3 Å². The van der Waals surface area contributed by atoms with Crippen molar-refractivity contribution in [3.8, 4) is 0 Å². The van der Waals surface area contributed by atoms with Crippen molar-refractivity contribution in [1.82, 2.24) is 5.32 Å². The number of allylic oxidation sites excluding steroid dienone is 1. The third kappa shape index (κ3) is 4.23. The van der Waals surface area contributed by atoms with Gasteiger partial charge in [-0.3, -0.25) is 4.79 Å². The largest absolute Gasteiger partial charge is 0.384 e. The molecule has 0 aromatic carbocycles. The van der Waals surface area contributed by atoms with E-state index in [0.29, 0.717) is 5.57 Å². The zero-order valence-corrected chi connectivity index (χ0v) is 8.92. The van der Waals surface area contributed by atoms with Gasteiger partial charge in [0, 0.05) is 12.6 Å². The summed E-state index contributed by atoms with van der Waals surface area (Å²) in [5.74, 6) is -0.242. The summed E-state index contributed by atoms with van der Waals surface area (Å²) in [6.07, 6.45) is 5.16. The molecule has 0 bridgehead atoms. The van der Waals surface area contributed by atoms with Crippen LogP contribution in [0.3, 0.4) is 0 Å². The first kappa shape index (κ1) is 12.9. The highest BCUT2D eigenvalue weighted by Crippen LogP contribution is 2.07. The summed E-state index contributed by atoms with van der Waals surface area (Å²) in [4.78, 5) is 11.3. The molecule has 0 heterocycles. The second-order valence-electron chi connectivity index (χ2n) is 3.06. The molecule has 0 fully saturated rings. The molecule has 1 atom stereocenters. The second kappa shape index (κ2) is 7.33. The standard InChI is InChI=1S/C11H19NO2/c1-4-6-7-8-9(10(13)5-2)11(14)12-3/h5,8,10,13H,2,4,6-7H2,1,3H3,(H,12,14)/b9-8+. The summed E-state index contributed by atoms with van der Waals surface area (Å²) in [5.41, 5.74) is 0.385. The number of aliphatic hydroxyl groups is 1. The van der Waals surface area contributed by atoms with Crippen LogP contribution in [0.5, 0.6) is 0 Å². The molecule has 0 saturated heterocycles. The number of hydrogen-bond acceptors (Lipinski definition) is 2. The second-order valence-corrected chi connectivity index (χ2v) is 3.06. The molecule has 1 unspecified atom stereocenters. The molecule has 0 aliphatic rings. The third-order valence-corrected chi connectivity index (χ3v) is 1.95. The van der Waals surface area contributed by atoms with Crippen molar-refractivity contribution in [2.24, 2.45) is 0 Å². The maximum Gasteiger partial charge on any atom is 0.249 e. The van der Waals surface area contributed by atoms with Gasteiger partial charge >= 0.3 is 0 Å². The van der Waals surface area contributed by atoms with Crippen molar-refractivity contribution in [1.29, 1.82) is 0 Å². The summed E-state index contributed by atoms with van der Waals surface area (Å²) >= 11 is 0. The van der Waals surface area contributed by atoms with Crippen LogP contribution in [0.4, 0.5) is 0 Å². The number of nitrogens with one attached hydrogen (secondary N) is 1. The lowest BCUT2D eigenvalue weighted by Gasteiger charge is -2.09. The van der Waals surface area contributed by atoms with Crippen LogP contribution < -0.4 is 5.32 Å². The van der Waals surface area contributed by atoms with Gasteiger partial charge in [0.2, 0.25) is 5.91 Å². The molecule has 0 aliphatic carbocycles. The van der Waals surface area contributed by atoms with Gasteiger partial charge in [-0.15, -0.1) is 6.58 Å². The Labute approximate surface area is 85.5 Å². The summed E-state index contributed by atoms with van der Waals surface area (Å²) in [5, 5.41) is 12.0. The van der Waals surface area contributed by atoms with Crippen LogP contribution in [0, 0.1) is 0 Å². The molecule has 14 heavy (non-hydrogen) atoms. The van der Waals surface area contributed by atoms with Crippen molar-refractivity contribution in [3.63, 3.8) is 0 Å². The number of carbonyl (C=O) groups is 1. The minimum absolute atomic E-state index is 0.242. The van der Waals surface area contributed by atoms with Gasteiger partial charge in [-0.25, -0.2) is 0 Å². The van der Waals surface area contributed by atoms with Crippen molar-refractivity contribution in [2.75, 3.05) is 7.05 Å². The Morgan fingerprint density at radius 1 is 1.64 bits per heavy atom. The average Bonchev–Trinajstić information content (AvgIpc) is 2.22. The Balaban J connectivity index is 4.45. The number of hydrogen-bond donors (Lipinski definition) is 2. The van der Waals surface area contributed by atoms with Gasteiger partial charge in [0.15, 0.2) is 0 Å². The summed E-state index contributed by atoms with van der Waals surface area (Å²) in [6.45, 7) is 5.54. The lowest BCUT2D eigenvalue weighted by molar-refractivity contribution is -0.117. The molecule has 0 aliphatic heterocycles. The summed E-state index contributed by atoms with van der Waals surface area (Å²) < 4.78 is 0. The Morgan fingerprint density at radius 3 is 2.71 bits per heavy atom. The summed E-state index contributed by atoms with van der Waals surface area (Å²) in [6, 6.07) is 0. The fraction of sp³-hybridized carbons (Fsp3) is 0.545. The molecule has 0 spiro atoms. The maximum atomic E-state index is 11.3. The molecule has 0 rings (SSSR count). The molecule has 3 heteroatoms. The first-order valence-electron chi connectivity index (χ1n) is 4.90. The van der Waals surface area contributed by atoms with Gasteiger partial charge in [0.05, 0.1) is 0 Å². The Hall–Kier alpha value is -1.09. The number of likely N-dealkylation sites (N-methyl/N-ethyl adjacent to an activating group) is 1. The van der Waals surface area contributed by atoms with Gasteiger partial charge in [-0.2, -0.15) is 0 Å². The van der Waals surface area contributed by atoms with Crippen LogP contribution in [-0.4, -0.2) is 24.2 Å². The lowest BCUT2D eigenvalue weighted by Crippen LogP contribution is -2.26. The van der Waals surface area contributed by atoms with Gasteiger partial charge in [0.1, 0.15) is 6.10 Å². The van der Waals surface area contributed by atoms with Crippen LogP contribution in [0.2, 0.25) is 0 Å². The molecule has 1 amide bonds. The van der Waals surface area contributed by atoms with Crippen LogP contribution in [0.15, 0.2) is 24.3 Å². The predicted octanol–water partition coefficient (Wildman–Crippen LogP) is 1.40. The Bertz CT molecular complexity index is 221. The van der Waals surface area contributed by atoms with Crippen molar-refractivity contribution in [2.45, 2.75) is 32.3 Å². The van der Waals surface area contributed by atoms with Gasteiger partial charge in [-0.05, 0) is 6.42 Å². The zero-order chi connectivity index (χ0) is 11.0. The van der Waals surface area contributed by atoms with Crippen LogP contribution in [-0.2, 0) is 4.79 Å². The monoisotopic (exact) mass is 197 g/mol. The van der Waals surface area contributed by atoms with E-state index in [1.807, 2.05) is 0 Å². The quantitative estimate of drug-likeness (QED) is 0.384. The van der Waals surface area contributed by atoms with Crippen molar-refractivity contribution < 1.29 is 9.90 Å². The number of unbranched alkanes of at least 4 members (excludes halogenated alkanes) is 2. The normalized spacial score (nSPS) is 13.5. The SMILES string of the molecule is C=CC(O)/C(=C\CCCC)C(=O)NC. The van der Waals surface area contributed by atoms with E-state index in [-0.39, 0.29) is 5.91 Å². The molecule has 0 aromatic rings. The lowest BCUT2D eigenvalue weighted by atomic mass is 10.1. The highest BCUT2D eigenvalue weighted by molar-refractivity contribution is 5.94. The number of carbonyl (C=O) groups excluding carboxylic acids is 1. The van der Waals surface area contributed by atoms with E-state index in [1.54, 1.807) is 13.1 Å². The van der Waals surface area contributed by atoms with Crippen LogP contribution in [0.1, 0.15) is 26.2 Å². The first-order chi connectivity index (χ1) is 6.67. The summed E-state index contributed by atoms with van der Waals surface area (Å²) in [7, 11) is 1.55. The van der Waals surface area contributed by atoms with E-state index in [2.05, 4.69) is 18.8 Å². The fourth-order valence-electron chi connectivity index (χ4n) is 1.08. The highest BCUT2D eigenvalue weighted by Gasteiger charge is 2.13. The van der Waals surface area contributed by atoms with E-state index in [0.717, 1.165) is 19.3 Å². The maximum absolute atomic E-state index is 11.3. The van der Waals surface area contributed by atoms with E-state index in [4.69, 9.17) is 0 Å². The van der Waals surface area contributed by atoms with E-state index >= 15 is 0 Å². The van der Waals surface area contributed by atoms with E-state index in [1.165, 1.54) is 6.08 Å². The number of amides is 1. The van der Waals surface area contributed by atoms with E-state index in [9.17, 15) is 9.90 Å². The molecule has 2 N–H and O–H groups in total. The fourth-order valence-corrected chi connectivity index (χ4v) is 1.08. The zero-order valence-electron chi connectivity index (χ0n) is 8.92. The minimum Gasteiger partial charge on any atom is -0.384 e. The van der Waals surface area contributed by atoms with E-state index < -0.39 is 6.10 Å². The Kier molecular flexibility index (Phi) is 6.76. The first-order valence-corrected chi connectivity index (χ1v) is 4.90. The molecular formula is C11H19NO2. The number of aliphatic hydroxyl groups excluding tert-OH is 1. The van der Waals surface area contributed by atoms with Gasteiger partial charge in [-0.1, -0.05) is 31.9 Å². The van der Waals surface area contributed by atoms with Crippen LogP contribution >= 0.6 is 0 Å². The molecule has 0 saturated carbocycles.